The summed E-state index contributed by atoms with van der Waals surface area (Å²) in [4.78, 5) is 2.02. The van der Waals surface area contributed by atoms with E-state index in [4.69, 9.17) is 36.3 Å². The molecule has 0 unspecified atom stereocenters. The lowest BCUT2D eigenvalue weighted by Crippen LogP contribution is -2.39. The average molecular weight is 470 g/mol. The van der Waals surface area contributed by atoms with E-state index in [0.29, 0.717) is 96.4 Å². The molecule has 0 spiro atoms. The monoisotopic (exact) mass is 469 g/mol. The van der Waals surface area contributed by atoms with Gasteiger partial charge in [-0.05, 0) is 0 Å². The number of aromatic nitrogens is 3. The fourth-order valence-electron chi connectivity index (χ4n) is 2.69. The van der Waals surface area contributed by atoms with Gasteiger partial charge in [-0.1, -0.05) is 16.8 Å². The second-order valence-electron chi connectivity index (χ2n) is 6.72. The Morgan fingerprint density at radius 3 is 2.00 bits per heavy atom. The van der Waals surface area contributed by atoms with Crippen LogP contribution in [0.15, 0.2) is 0 Å². The summed E-state index contributed by atoms with van der Waals surface area (Å²) in [5.74, 6) is 0.341. The molecule has 1 saturated heterocycles. The predicted octanol–water partition coefficient (Wildman–Crippen LogP) is -0.813. The molecule has 1 aliphatic rings. The first kappa shape index (κ1) is 25.4. The molecule has 1 fully saturated rings. The Morgan fingerprint density at radius 1 is 0.900 bits per heavy atom. The van der Waals surface area contributed by atoms with Crippen LogP contribution in [0.3, 0.4) is 0 Å². The van der Waals surface area contributed by atoms with Gasteiger partial charge in [-0.25, -0.2) is 13.1 Å². The molecule has 13 heteroatoms. The van der Waals surface area contributed by atoms with Gasteiger partial charge in [-0.15, -0.1) is 5.10 Å². The third kappa shape index (κ3) is 9.96. The lowest BCUT2D eigenvalue weighted by Gasteiger charge is -2.25. The SMILES string of the molecule is NCCOCCOCCOCCOCCn1nnc(CN2CCS(=O)(=O)CC2)c1Cl. The van der Waals surface area contributed by atoms with Crippen molar-refractivity contribution in [1.82, 2.24) is 19.9 Å². The number of ether oxygens (including phenoxy) is 4. The molecule has 1 aliphatic heterocycles. The number of nitrogens with zero attached hydrogens (tertiary/aromatic N) is 4. The number of hydrogen-bond acceptors (Lipinski definition) is 10. The standard InChI is InChI=1S/C17H32ClN5O6S/c18-17-16(15-22-3-13-30(24,25)14-4-22)20-21-23(17)2-6-27-8-10-29-12-11-28-9-7-26-5-1-19/h1-15,19H2. The average Bonchev–Trinajstić information content (AvgIpc) is 3.06. The molecule has 0 saturated carbocycles. The van der Waals surface area contributed by atoms with E-state index >= 15 is 0 Å². The summed E-state index contributed by atoms with van der Waals surface area (Å²) in [6.07, 6.45) is 0. The molecule has 11 nitrogen and oxygen atoms in total. The Hall–Kier alpha value is -0.860. The van der Waals surface area contributed by atoms with Crippen LogP contribution in [0.2, 0.25) is 5.15 Å². The fraction of sp³-hybridized carbons (Fsp3) is 0.882. The summed E-state index contributed by atoms with van der Waals surface area (Å²) in [7, 11) is -2.90. The quantitative estimate of drug-likeness (QED) is 0.306. The summed E-state index contributed by atoms with van der Waals surface area (Å²) in [5, 5.41) is 8.61. The number of rotatable bonds is 16. The molecule has 0 amide bonds. The number of sulfone groups is 1. The van der Waals surface area contributed by atoms with Crippen molar-refractivity contribution in [2.24, 2.45) is 5.73 Å². The number of hydrogen-bond donors (Lipinski definition) is 1. The second kappa shape index (κ2) is 14.2. The first-order chi connectivity index (χ1) is 14.5. The molecule has 2 rings (SSSR count). The van der Waals surface area contributed by atoms with Crippen LogP contribution in [0.25, 0.3) is 0 Å². The van der Waals surface area contributed by atoms with Crippen LogP contribution < -0.4 is 5.73 Å². The second-order valence-corrected chi connectivity index (χ2v) is 9.38. The Bertz CT molecular complexity index is 691. The van der Waals surface area contributed by atoms with Crippen LogP contribution in [0.4, 0.5) is 0 Å². The van der Waals surface area contributed by atoms with E-state index < -0.39 is 9.84 Å². The Kier molecular flexibility index (Phi) is 12.1. The predicted molar refractivity (Wildman–Crippen MR) is 111 cm³/mol. The third-order valence-electron chi connectivity index (χ3n) is 4.37. The maximum atomic E-state index is 11.5. The molecular formula is C17H32ClN5O6S. The van der Waals surface area contributed by atoms with Crippen LogP contribution in [-0.4, -0.2) is 112 Å². The Labute approximate surface area is 182 Å². The molecule has 174 valence electrons. The Morgan fingerprint density at radius 2 is 1.43 bits per heavy atom. The summed E-state index contributed by atoms with van der Waals surface area (Å²) in [6, 6.07) is 0. The van der Waals surface area contributed by atoms with Gasteiger partial charge in [0.15, 0.2) is 15.0 Å². The Balaban J connectivity index is 1.49. The molecule has 1 aromatic rings. The van der Waals surface area contributed by atoms with Gasteiger partial charge < -0.3 is 24.7 Å². The van der Waals surface area contributed by atoms with Gasteiger partial charge >= 0.3 is 0 Å². The highest BCUT2D eigenvalue weighted by Gasteiger charge is 2.23. The van der Waals surface area contributed by atoms with E-state index in [0.717, 1.165) is 0 Å². The van der Waals surface area contributed by atoms with Crippen molar-refractivity contribution in [2.75, 3.05) is 84.0 Å². The van der Waals surface area contributed by atoms with Gasteiger partial charge in [-0.3, -0.25) is 4.90 Å². The van der Waals surface area contributed by atoms with Gasteiger partial charge in [-0.2, -0.15) is 0 Å². The van der Waals surface area contributed by atoms with Crippen LogP contribution in [-0.2, 0) is 41.9 Å². The van der Waals surface area contributed by atoms with E-state index in [1.54, 1.807) is 4.68 Å². The highest BCUT2D eigenvalue weighted by atomic mass is 35.5. The number of nitrogens with two attached hydrogens (primary N) is 1. The number of halogens is 1. The third-order valence-corrected chi connectivity index (χ3v) is 6.40. The zero-order valence-corrected chi connectivity index (χ0v) is 18.8. The highest BCUT2D eigenvalue weighted by Crippen LogP contribution is 2.16. The molecule has 2 N–H and O–H groups in total. The van der Waals surface area contributed by atoms with Gasteiger partial charge in [0.1, 0.15) is 5.69 Å². The normalized spacial score (nSPS) is 16.9. The van der Waals surface area contributed by atoms with Crippen molar-refractivity contribution in [1.29, 1.82) is 0 Å². The molecule has 0 bridgehead atoms. The van der Waals surface area contributed by atoms with E-state index in [1.165, 1.54) is 0 Å². The van der Waals surface area contributed by atoms with Gasteiger partial charge in [0.2, 0.25) is 0 Å². The van der Waals surface area contributed by atoms with E-state index in [1.807, 2.05) is 4.90 Å². The first-order valence-corrected chi connectivity index (χ1v) is 12.2. The van der Waals surface area contributed by atoms with E-state index in [2.05, 4.69) is 10.3 Å². The molecule has 30 heavy (non-hydrogen) atoms. The summed E-state index contributed by atoms with van der Waals surface area (Å²) in [6.45, 7) is 6.43. The summed E-state index contributed by atoms with van der Waals surface area (Å²) in [5.41, 5.74) is 5.96. The zero-order chi connectivity index (χ0) is 21.7. The summed E-state index contributed by atoms with van der Waals surface area (Å²) >= 11 is 6.33. The topological polar surface area (TPSA) is 131 Å². The van der Waals surface area contributed by atoms with Crippen molar-refractivity contribution in [3.05, 3.63) is 10.8 Å². The maximum Gasteiger partial charge on any atom is 0.152 e. The lowest BCUT2D eigenvalue weighted by molar-refractivity contribution is -0.00199. The molecule has 0 atom stereocenters. The van der Waals surface area contributed by atoms with E-state index in [9.17, 15) is 8.42 Å². The molecule has 0 aromatic carbocycles. The maximum absolute atomic E-state index is 11.5. The molecule has 1 aromatic heterocycles. The van der Waals surface area contributed by atoms with Crippen LogP contribution in [0, 0.1) is 0 Å². The highest BCUT2D eigenvalue weighted by molar-refractivity contribution is 7.91. The smallest absolute Gasteiger partial charge is 0.152 e. The minimum absolute atomic E-state index is 0.171. The van der Waals surface area contributed by atoms with Crippen LogP contribution >= 0.6 is 11.6 Å². The minimum Gasteiger partial charge on any atom is -0.378 e. The van der Waals surface area contributed by atoms with Gasteiger partial charge in [0.25, 0.3) is 0 Å². The summed E-state index contributed by atoms with van der Waals surface area (Å²) < 4.78 is 46.1. The lowest BCUT2D eigenvalue weighted by atomic mass is 10.4. The largest absolute Gasteiger partial charge is 0.378 e. The first-order valence-electron chi connectivity index (χ1n) is 10.0. The van der Waals surface area contributed by atoms with Gasteiger partial charge in [0.05, 0.1) is 70.9 Å². The van der Waals surface area contributed by atoms with Gasteiger partial charge in [0, 0.05) is 26.2 Å². The van der Waals surface area contributed by atoms with Crippen molar-refractivity contribution in [3.8, 4) is 0 Å². The fourth-order valence-corrected chi connectivity index (χ4v) is 4.19. The van der Waals surface area contributed by atoms with Crippen molar-refractivity contribution in [3.63, 3.8) is 0 Å². The van der Waals surface area contributed by atoms with Crippen LogP contribution in [0.5, 0.6) is 0 Å². The zero-order valence-electron chi connectivity index (χ0n) is 17.2. The molecule has 0 aliphatic carbocycles. The van der Waals surface area contributed by atoms with Crippen molar-refractivity contribution >= 4 is 21.4 Å². The molecule has 2 heterocycles. The van der Waals surface area contributed by atoms with Crippen molar-refractivity contribution < 1.29 is 27.4 Å². The molecular weight excluding hydrogens is 438 g/mol. The minimum atomic E-state index is -2.90. The van der Waals surface area contributed by atoms with Crippen molar-refractivity contribution in [2.45, 2.75) is 13.1 Å². The van der Waals surface area contributed by atoms with Crippen LogP contribution in [0.1, 0.15) is 5.69 Å². The molecule has 0 radical (unpaired) electrons. The van der Waals surface area contributed by atoms with E-state index in [-0.39, 0.29) is 11.5 Å².